The molecule has 1 aliphatic rings. The number of likely N-dealkylation sites (tertiary alicyclic amines) is 1. The minimum Gasteiger partial charge on any atom is -0.302 e. The predicted molar refractivity (Wildman–Crippen MR) is 48.6 cm³/mol. The SMILES string of the molecule is Cl.O=CCN1CCCC(F)(F)CC1. The molecule has 0 aliphatic carbocycles. The fraction of sp³-hybridized carbons (Fsp3) is 0.875. The van der Waals surface area contributed by atoms with E-state index in [1.54, 1.807) is 4.90 Å². The van der Waals surface area contributed by atoms with Gasteiger partial charge in [0.25, 0.3) is 0 Å². The minimum absolute atomic E-state index is 0. The van der Waals surface area contributed by atoms with Gasteiger partial charge in [-0.2, -0.15) is 0 Å². The molecule has 0 bridgehead atoms. The number of rotatable bonds is 2. The fourth-order valence-corrected chi connectivity index (χ4v) is 1.41. The first-order chi connectivity index (χ1) is 5.64. The highest BCUT2D eigenvalue weighted by Gasteiger charge is 2.31. The molecule has 0 radical (unpaired) electrons. The van der Waals surface area contributed by atoms with Crippen LogP contribution >= 0.6 is 12.4 Å². The number of hydrogen-bond acceptors (Lipinski definition) is 2. The Morgan fingerprint density at radius 1 is 1.31 bits per heavy atom. The zero-order valence-corrected chi connectivity index (χ0v) is 8.16. The number of nitrogens with zero attached hydrogens (tertiary/aromatic N) is 1. The van der Waals surface area contributed by atoms with Gasteiger partial charge in [-0.25, -0.2) is 8.78 Å². The Kier molecular flexibility index (Phi) is 5.40. The van der Waals surface area contributed by atoms with Crippen LogP contribution in [0.4, 0.5) is 8.78 Å². The van der Waals surface area contributed by atoms with Crippen molar-refractivity contribution in [1.82, 2.24) is 4.90 Å². The van der Waals surface area contributed by atoms with Crippen LogP contribution in [-0.4, -0.2) is 36.7 Å². The monoisotopic (exact) mass is 213 g/mol. The molecule has 78 valence electrons. The molecule has 1 rings (SSSR count). The van der Waals surface area contributed by atoms with Crippen LogP contribution < -0.4 is 0 Å². The zero-order chi connectivity index (χ0) is 9.03. The summed E-state index contributed by atoms with van der Waals surface area (Å²) in [5, 5.41) is 0. The van der Waals surface area contributed by atoms with Gasteiger partial charge in [0.2, 0.25) is 5.92 Å². The normalized spacial score (nSPS) is 22.9. The predicted octanol–water partition coefficient (Wildman–Crippen LogP) is 1.73. The lowest BCUT2D eigenvalue weighted by molar-refractivity contribution is -0.109. The molecule has 0 unspecified atom stereocenters. The second-order valence-corrected chi connectivity index (χ2v) is 3.18. The van der Waals surface area contributed by atoms with E-state index in [1.165, 1.54) is 0 Å². The Labute approximate surface area is 82.7 Å². The van der Waals surface area contributed by atoms with Crippen LogP contribution in [0, 0.1) is 0 Å². The first-order valence-electron chi connectivity index (χ1n) is 4.18. The molecule has 1 heterocycles. The van der Waals surface area contributed by atoms with E-state index in [0.29, 0.717) is 19.5 Å². The van der Waals surface area contributed by atoms with Gasteiger partial charge in [0.05, 0.1) is 6.54 Å². The zero-order valence-electron chi connectivity index (χ0n) is 7.34. The van der Waals surface area contributed by atoms with E-state index in [1.807, 2.05) is 0 Å². The second-order valence-electron chi connectivity index (χ2n) is 3.18. The van der Waals surface area contributed by atoms with Crippen molar-refractivity contribution in [3.63, 3.8) is 0 Å². The van der Waals surface area contributed by atoms with Gasteiger partial charge in [-0.1, -0.05) is 0 Å². The highest BCUT2D eigenvalue weighted by molar-refractivity contribution is 5.85. The number of aldehydes is 1. The van der Waals surface area contributed by atoms with Crippen molar-refractivity contribution < 1.29 is 13.6 Å². The van der Waals surface area contributed by atoms with E-state index in [0.717, 1.165) is 6.29 Å². The molecule has 13 heavy (non-hydrogen) atoms. The third-order valence-electron chi connectivity index (χ3n) is 2.14. The van der Waals surface area contributed by atoms with E-state index in [2.05, 4.69) is 0 Å². The van der Waals surface area contributed by atoms with E-state index in [-0.39, 0.29) is 31.8 Å². The molecule has 5 heteroatoms. The van der Waals surface area contributed by atoms with Gasteiger partial charge >= 0.3 is 0 Å². The van der Waals surface area contributed by atoms with Crippen LogP contribution in [0.15, 0.2) is 0 Å². The van der Waals surface area contributed by atoms with E-state index in [9.17, 15) is 13.6 Å². The van der Waals surface area contributed by atoms with Gasteiger partial charge in [0, 0.05) is 19.4 Å². The van der Waals surface area contributed by atoms with Crippen molar-refractivity contribution in [2.24, 2.45) is 0 Å². The highest BCUT2D eigenvalue weighted by atomic mass is 35.5. The summed E-state index contributed by atoms with van der Waals surface area (Å²) in [5.41, 5.74) is 0. The standard InChI is InChI=1S/C8H13F2NO.ClH/c9-8(10)2-1-4-11(5-3-8)6-7-12;/h7H,1-6H2;1H. The van der Waals surface area contributed by atoms with Crippen molar-refractivity contribution in [2.75, 3.05) is 19.6 Å². The molecule has 1 fully saturated rings. The Morgan fingerprint density at radius 2 is 2.00 bits per heavy atom. The quantitative estimate of drug-likeness (QED) is 0.652. The van der Waals surface area contributed by atoms with E-state index >= 15 is 0 Å². The van der Waals surface area contributed by atoms with Crippen LogP contribution in [0.25, 0.3) is 0 Å². The molecule has 0 aromatic heterocycles. The summed E-state index contributed by atoms with van der Waals surface area (Å²) in [4.78, 5) is 11.9. The lowest BCUT2D eigenvalue weighted by atomic mass is 10.1. The number of carbonyl (C=O) groups is 1. The van der Waals surface area contributed by atoms with E-state index < -0.39 is 5.92 Å². The smallest absolute Gasteiger partial charge is 0.249 e. The molecule has 0 atom stereocenters. The van der Waals surface area contributed by atoms with Crippen LogP contribution in [-0.2, 0) is 4.79 Å². The molecular formula is C8H14ClF2NO. The first-order valence-corrected chi connectivity index (χ1v) is 4.18. The molecule has 2 nitrogen and oxygen atoms in total. The van der Waals surface area contributed by atoms with Gasteiger partial charge < -0.3 is 4.79 Å². The molecule has 1 saturated heterocycles. The van der Waals surface area contributed by atoms with Crippen LogP contribution in [0.5, 0.6) is 0 Å². The molecule has 0 saturated carbocycles. The Hall–Kier alpha value is -0.220. The number of halogens is 3. The summed E-state index contributed by atoms with van der Waals surface area (Å²) in [6.07, 6.45) is 1.10. The average Bonchev–Trinajstić information content (AvgIpc) is 2.14. The topological polar surface area (TPSA) is 20.3 Å². The van der Waals surface area contributed by atoms with Crippen molar-refractivity contribution in [1.29, 1.82) is 0 Å². The summed E-state index contributed by atoms with van der Waals surface area (Å²) in [7, 11) is 0. The maximum atomic E-state index is 12.8. The van der Waals surface area contributed by atoms with Crippen molar-refractivity contribution in [3.05, 3.63) is 0 Å². The van der Waals surface area contributed by atoms with Gasteiger partial charge in [-0.15, -0.1) is 12.4 Å². The summed E-state index contributed by atoms with van der Waals surface area (Å²) in [6, 6.07) is 0. The van der Waals surface area contributed by atoms with Gasteiger partial charge in [0.1, 0.15) is 6.29 Å². The average molecular weight is 214 g/mol. The summed E-state index contributed by atoms with van der Waals surface area (Å²) < 4.78 is 25.5. The third-order valence-corrected chi connectivity index (χ3v) is 2.14. The van der Waals surface area contributed by atoms with Gasteiger partial charge in [0.15, 0.2) is 0 Å². The van der Waals surface area contributed by atoms with Crippen molar-refractivity contribution >= 4 is 18.7 Å². The fourth-order valence-electron chi connectivity index (χ4n) is 1.41. The maximum absolute atomic E-state index is 12.8. The number of alkyl halides is 2. The van der Waals surface area contributed by atoms with E-state index in [4.69, 9.17) is 0 Å². The molecule has 0 aromatic carbocycles. The third kappa shape index (κ3) is 4.52. The van der Waals surface area contributed by atoms with Gasteiger partial charge in [-0.05, 0) is 13.0 Å². The van der Waals surface area contributed by atoms with Crippen LogP contribution in [0.1, 0.15) is 19.3 Å². The maximum Gasteiger partial charge on any atom is 0.249 e. The second kappa shape index (κ2) is 5.50. The Balaban J connectivity index is 0.00000144. The molecule has 0 aromatic rings. The summed E-state index contributed by atoms with van der Waals surface area (Å²) in [6.45, 7) is 1.25. The first kappa shape index (κ1) is 12.8. The van der Waals surface area contributed by atoms with Crippen molar-refractivity contribution in [3.8, 4) is 0 Å². The van der Waals surface area contributed by atoms with Crippen LogP contribution in [0.3, 0.4) is 0 Å². The van der Waals surface area contributed by atoms with Crippen LogP contribution in [0.2, 0.25) is 0 Å². The Morgan fingerprint density at radius 3 is 2.62 bits per heavy atom. The summed E-state index contributed by atoms with van der Waals surface area (Å²) in [5.74, 6) is -2.52. The van der Waals surface area contributed by atoms with Gasteiger partial charge in [-0.3, -0.25) is 4.90 Å². The minimum atomic E-state index is -2.52. The molecule has 0 amide bonds. The lowest BCUT2D eigenvalue weighted by Crippen LogP contribution is -2.27. The largest absolute Gasteiger partial charge is 0.302 e. The number of hydrogen-bond donors (Lipinski definition) is 0. The molecule has 1 aliphatic heterocycles. The lowest BCUT2D eigenvalue weighted by Gasteiger charge is -2.16. The van der Waals surface area contributed by atoms with Crippen molar-refractivity contribution in [2.45, 2.75) is 25.2 Å². The molecule has 0 N–H and O–H groups in total. The summed E-state index contributed by atoms with van der Waals surface area (Å²) >= 11 is 0. The molecule has 0 spiro atoms. The number of carbonyl (C=O) groups excluding carboxylic acids is 1. The Bertz CT molecular complexity index is 166. The highest BCUT2D eigenvalue weighted by Crippen LogP contribution is 2.27. The molecular weight excluding hydrogens is 200 g/mol.